The van der Waals surface area contributed by atoms with E-state index in [-0.39, 0.29) is 15.8 Å². The number of hydrogen-bond acceptors (Lipinski definition) is 0. The number of benzene rings is 4. The molecular formula is C42H59ClP3Ru+. The SMILES string of the molecule is CC(C)(C)P(Cc1[c-]c(CP(C(C)(C)C)C(C)(C)C)ccc1)C(C)(C)C.[Cl][Ru+].c1ccc([PH+](c2ccccc2)c2ccccc2)cc1. The number of rotatable bonds is 7. The zero-order chi connectivity index (χ0) is 35.5. The molecule has 0 aliphatic heterocycles. The summed E-state index contributed by atoms with van der Waals surface area (Å²) in [4.78, 5) is 0. The smallest absolute Gasteiger partial charge is 0.0620 e. The monoisotopic (exact) mass is 793 g/mol. The van der Waals surface area contributed by atoms with E-state index in [9.17, 15) is 0 Å². The van der Waals surface area contributed by atoms with E-state index in [0.717, 1.165) is 0 Å². The predicted molar refractivity (Wildman–Crippen MR) is 218 cm³/mol. The van der Waals surface area contributed by atoms with E-state index in [1.165, 1.54) is 39.4 Å². The van der Waals surface area contributed by atoms with Crippen LogP contribution in [0.2, 0.25) is 0 Å². The van der Waals surface area contributed by atoms with Crippen molar-refractivity contribution in [3.8, 4) is 0 Å². The van der Waals surface area contributed by atoms with Crippen molar-refractivity contribution in [2.24, 2.45) is 0 Å². The van der Waals surface area contributed by atoms with Crippen LogP contribution in [0, 0.1) is 6.07 Å². The average Bonchev–Trinajstić information content (AvgIpc) is 3.00. The fraction of sp³-hybridized carbons (Fsp3) is 0.429. The molecule has 0 aromatic heterocycles. The molecule has 256 valence electrons. The largest absolute Gasteiger partial charge is 0.102 e. The summed E-state index contributed by atoms with van der Waals surface area (Å²) in [7, 11) is 3.45. The zero-order valence-corrected chi connectivity index (χ0v) is 36.2. The van der Waals surface area contributed by atoms with Crippen LogP contribution in [0.25, 0.3) is 0 Å². The van der Waals surface area contributed by atoms with Gasteiger partial charge in [0.15, 0.2) is 0 Å². The van der Waals surface area contributed by atoms with Gasteiger partial charge in [-0.25, -0.2) is 0 Å². The van der Waals surface area contributed by atoms with E-state index in [4.69, 9.17) is 0 Å². The Balaban J connectivity index is 0.000000322. The second-order valence-electron chi connectivity index (χ2n) is 16.0. The molecule has 0 saturated carbocycles. The van der Waals surface area contributed by atoms with E-state index < -0.39 is 7.92 Å². The first-order valence-electron chi connectivity index (χ1n) is 16.6. The molecule has 0 N–H and O–H groups in total. The van der Waals surface area contributed by atoms with Crippen LogP contribution in [0.5, 0.6) is 0 Å². The molecule has 5 heteroatoms. The van der Waals surface area contributed by atoms with Crippen LogP contribution in [0.1, 0.15) is 94.2 Å². The number of halogens is 1. The minimum absolute atomic E-state index is 0.123. The standard InChI is InChI=1S/C24H43P2.C18H15P.ClH.Ru/c1-21(2,3)25(22(4,5)6)17-19-14-13-15-20(16-19)18-26(23(7,8)9)24(10,11)12;1-4-10-16(11-5-1)19(17-12-6-2-7-13-17)18-14-8-3-9-15-18;;/h13-15H,17-18H2,1-12H3;1-15H;1H;/q-1;;;+2. The van der Waals surface area contributed by atoms with E-state index >= 15 is 0 Å². The molecule has 4 rings (SSSR count). The molecule has 0 saturated heterocycles. The molecule has 0 aliphatic rings. The second-order valence-corrected chi connectivity index (χ2v) is 26.2. The fourth-order valence-corrected chi connectivity index (χ4v) is 15.9. The van der Waals surface area contributed by atoms with Crippen molar-refractivity contribution < 1.29 is 17.3 Å². The summed E-state index contributed by atoms with van der Waals surface area (Å²) in [5.74, 6) is 0. The number of hydrogen-bond donors (Lipinski definition) is 0. The minimum atomic E-state index is -0.877. The Bertz CT molecular complexity index is 1260. The summed E-state index contributed by atoms with van der Waals surface area (Å²) in [5.41, 5.74) is 2.83. The van der Waals surface area contributed by atoms with Gasteiger partial charge in [0, 0.05) is 0 Å². The Morgan fingerprint density at radius 1 is 0.447 bits per heavy atom. The summed E-state index contributed by atoms with van der Waals surface area (Å²) in [6, 6.07) is 43.2. The molecule has 0 bridgehead atoms. The maximum atomic E-state index is 4.57. The summed E-state index contributed by atoms with van der Waals surface area (Å²) >= 11 is 1.82. The summed E-state index contributed by atoms with van der Waals surface area (Å²) < 4.78 is 0. The molecule has 4 aromatic carbocycles. The zero-order valence-electron chi connectivity index (χ0n) is 30.9. The van der Waals surface area contributed by atoms with Crippen molar-refractivity contribution >= 4 is 49.4 Å². The third-order valence-electron chi connectivity index (χ3n) is 8.00. The molecule has 0 fully saturated rings. The molecule has 0 amide bonds. The van der Waals surface area contributed by atoms with E-state index in [1.807, 2.05) is 17.3 Å². The minimum Gasteiger partial charge on any atom is -0.0620 e. The van der Waals surface area contributed by atoms with Gasteiger partial charge in [0.05, 0.1) is 7.92 Å². The van der Waals surface area contributed by atoms with Gasteiger partial charge < -0.3 is 0 Å². The average molecular weight is 793 g/mol. The summed E-state index contributed by atoms with van der Waals surface area (Å²) in [6.45, 7) is 28.9. The Kier molecular flexibility index (Phi) is 17.0. The van der Waals surface area contributed by atoms with Crippen molar-refractivity contribution in [3.63, 3.8) is 0 Å². The van der Waals surface area contributed by atoms with Gasteiger partial charge in [-0.1, -0.05) is 154 Å². The first-order valence-corrected chi connectivity index (χ1v) is 23.4. The van der Waals surface area contributed by atoms with Crippen LogP contribution < -0.4 is 15.9 Å². The molecule has 4 aromatic rings. The third kappa shape index (κ3) is 14.1. The first kappa shape index (κ1) is 42.3. The van der Waals surface area contributed by atoms with Crippen molar-refractivity contribution in [1.29, 1.82) is 0 Å². The van der Waals surface area contributed by atoms with Gasteiger partial charge in [-0.05, 0) is 69.3 Å². The Morgan fingerprint density at radius 3 is 0.936 bits per heavy atom. The Labute approximate surface area is 307 Å². The van der Waals surface area contributed by atoms with E-state index in [0.29, 0.717) is 20.6 Å². The summed E-state index contributed by atoms with van der Waals surface area (Å²) in [5, 5.41) is 5.75. The van der Waals surface area contributed by atoms with Crippen LogP contribution in [0.15, 0.2) is 109 Å². The van der Waals surface area contributed by atoms with Gasteiger partial charge >= 0.3 is 27.0 Å². The first-order chi connectivity index (χ1) is 21.9. The van der Waals surface area contributed by atoms with Gasteiger partial charge in [0.2, 0.25) is 0 Å². The normalized spacial score (nSPS) is 12.4. The molecule has 0 radical (unpaired) electrons. The Morgan fingerprint density at radius 2 is 0.702 bits per heavy atom. The second kappa shape index (κ2) is 18.9. The molecule has 0 unspecified atom stereocenters. The quantitative estimate of drug-likeness (QED) is 0.0993. The van der Waals surface area contributed by atoms with Crippen LogP contribution in [0.3, 0.4) is 0 Å². The third-order valence-corrected chi connectivity index (χ3v) is 18.5. The van der Waals surface area contributed by atoms with Crippen molar-refractivity contribution in [1.82, 2.24) is 0 Å². The summed E-state index contributed by atoms with van der Waals surface area (Å²) in [6.07, 6.45) is 2.36. The molecule has 0 atom stereocenters. The van der Waals surface area contributed by atoms with Crippen LogP contribution in [0.4, 0.5) is 0 Å². The molecule has 0 aliphatic carbocycles. The molecule has 0 heterocycles. The van der Waals surface area contributed by atoms with Crippen molar-refractivity contribution in [2.45, 2.75) is 116 Å². The van der Waals surface area contributed by atoms with E-state index in [2.05, 4.69) is 208 Å². The topological polar surface area (TPSA) is 0 Å². The van der Waals surface area contributed by atoms with Gasteiger partial charge in [-0.15, -0.1) is 0 Å². The maximum Gasteiger partial charge on any atom is 0.102 e. The maximum absolute atomic E-state index is 4.57. The molecule has 0 nitrogen and oxygen atoms in total. The van der Waals surface area contributed by atoms with Crippen molar-refractivity contribution in [3.05, 3.63) is 126 Å². The Hall–Kier alpha value is -0.917. The predicted octanol–water partition coefficient (Wildman–Crippen LogP) is 12.5. The molecule has 47 heavy (non-hydrogen) atoms. The van der Waals surface area contributed by atoms with Crippen LogP contribution in [-0.4, -0.2) is 20.6 Å². The molecule has 0 spiro atoms. The van der Waals surface area contributed by atoms with Crippen molar-refractivity contribution in [2.75, 3.05) is 0 Å². The van der Waals surface area contributed by atoms with Crippen LogP contribution in [-0.2, 0) is 29.6 Å². The van der Waals surface area contributed by atoms with Gasteiger partial charge in [0.1, 0.15) is 15.9 Å². The molecular weight excluding hydrogens is 734 g/mol. The van der Waals surface area contributed by atoms with E-state index in [1.54, 1.807) is 0 Å². The van der Waals surface area contributed by atoms with Gasteiger partial charge in [-0.2, -0.15) is 35.4 Å². The van der Waals surface area contributed by atoms with Gasteiger partial charge in [-0.3, -0.25) is 0 Å². The van der Waals surface area contributed by atoms with Gasteiger partial charge in [0.25, 0.3) is 0 Å². The van der Waals surface area contributed by atoms with Crippen LogP contribution >= 0.6 is 33.5 Å². The fourth-order valence-electron chi connectivity index (χ4n) is 6.37.